The van der Waals surface area contributed by atoms with Gasteiger partial charge < -0.3 is 20.2 Å². The number of amides is 2. The number of aromatic hydroxyl groups is 1. The van der Waals surface area contributed by atoms with E-state index in [9.17, 15) is 9.90 Å². The molecular formula is C19H22ClN3O2. The summed E-state index contributed by atoms with van der Waals surface area (Å²) in [5, 5.41) is 13.1. The van der Waals surface area contributed by atoms with Crippen LogP contribution in [0, 0.1) is 0 Å². The van der Waals surface area contributed by atoms with Crippen molar-refractivity contribution in [1.29, 1.82) is 0 Å². The van der Waals surface area contributed by atoms with Crippen LogP contribution in [-0.2, 0) is 6.42 Å². The second kappa shape index (κ2) is 8.12. The van der Waals surface area contributed by atoms with Crippen molar-refractivity contribution in [3.63, 3.8) is 0 Å². The number of benzene rings is 2. The van der Waals surface area contributed by atoms with Crippen molar-refractivity contribution in [2.45, 2.75) is 6.42 Å². The molecule has 0 radical (unpaired) electrons. The molecule has 0 aliphatic carbocycles. The Kier molecular flexibility index (Phi) is 5.66. The number of rotatable bonds is 4. The average molecular weight is 360 g/mol. The minimum Gasteiger partial charge on any atom is -0.508 e. The van der Waals surface area contributed by atoms with Crippen LogP contribution in [-0.4, -0.2) is 48.8 Å². The molecule has 0 saturated carbocycles. The van der Waals surface area contributed by atoms with Gasteiger partial charge in [0.2, 0.25) is 0 Å². The van der Waals surface area contributed by atoms with Crippen molar-refractivity contribution in [3.05, 3.63) is 59.1 Å². The van der Waals surface area contributed by atoms with E-state index in [4.69, 9.17) is 11.6 Å². The molecule has 25 heavy (non-hydrogen) atoms. The van der Waals surface area contributed by atoms with Crippen molar-refractivity contribution in [3.8, 4) is 5.75 Å². The summed E-state index contributed by atoms with van der Waals surface area (Å²) in [5.41, 5.74) is 2.02. The fourth-order valence-electron chi connectivity index (χ4n) is 3.00. The average Bonchev–Trinajstić information content (AvgIpc) is 2.62. The van der Waals surface area contributed by atoms with Gasteiger partial charge in [-0.2, -0.15) is 0 Å². The van der Waals surface area contributed by atoms with E-state index in [-0.39, 0.29) is 11.8 Å². The van der Waals surface area contributed by atoms with E-state index in [1.165, 1.54) is 0 Å². The van der Waals surface area contributed by atoms with Crippen LogP contribution in [0.15, 0.2) is 48.5 Å². The van der Waals surface area contributed by atoms with Crippen LogP contribution in [0.25, 0.3) is 0 Å². The normalized spacial score (nSPS) is 14.4. The molecule has 2 aromatic rings. The fraction of sp³-hybridized carbons (Fsp3) is 0.316. The lowest BCUT2D eigenvalue weighted by molar-refractivity contribution is 0.194. The minimum atomic E-state index is -0.0426. The highest BCUT2D eigenvalue weighted by Gasteiger charge is 2.21. The molecule has 2 N–H and O–H groups in total. The second-order valence-electron chi connectivity index (χ2n) is 6.08. The highest BCUT2D eigenvalue weighted by Crippen LogP contribution is 2.25. The number of carbonyl (C=O) groups is 1. The molecule has 1 aliphatic rings. The molecule has 6 heteroatoms. The monoisotopic (exact) mass is 359 g/mol. The summed E-state index contributed by atoms with van der Waals surface area (Å²) < 4.78 is 0. The zero-order valence-corrected chi connectivity index (χ0v) is 14.7. The maximum Gasteiger partial charge on any atom is 0.317 e. The largest absolute Gasteiger partial charge is 0.508 e. The number of carbonyl (C=O) groups excluding carboxylic acids is 1. The van der Waals surface area contributed by atoms with Crippen molar-refractivity contribution in [2.24, 2.45) is 0 Å². The Morgan fingerprint density at radius 3 is 2.56 bits per heavy atom. The van der Waals surface area contributed by atoms with Gasteiger partial charge in [-0.3, -0.25) is 0 Å². The predicted molar refractivity (Wildman–Crippen MR) is 100 cm³/mol. The summed E-state index contributed by atoms with van der Waals surface area (Å²) in [4.78, 5) is 16.3. The summed E-state index contributed by atoms with van der Waals surface area (Å²) in [6.07, 6.45) is 0.694. The van der Waals surface area contributed by atoms with Crippen LogP contribution >= 0.6 is 11.6 Å². The zero-order valence-electron chi connectivity index (χ0n) is 14.0. The molecule has 2 amide bonds. The van der Waals surface area contributed by atoms with Crippen LogP contribution in [0.2, 0.25) is 5.02 Å². The third kappa shape index (κ3) is 4.57. The first-order chi connectivity index (χ1) is 12.1. The fourth-order valence-corrected chi connectivity index (χ4v) is 3.25. The lowest BCUT2D eigenvalue weighted by atomic mass is 10.1. The van der Waals surface area contributed by atoms with E-state index in [0.29, 0.717) is 26.1 Å². The van der Waals surface area contributed by atoms with Crippen LogP contribution < -0.4 is 10.2 Å². The van der Waals surface area contributed by atoms with E-state index in [0.717, 1.165) is 29.4 Å². The standard InChI is InChI=1S/C19H22ClN3O2/c20-17-6-1-2-7-18(17)22-10-12-23(13-11-22)19(25)21-9-8-15-4-3-5-16(24)14-15/h1-7,14,24H,8-13H2,(H,21,25). The topological polar surface area (TPSA) is 55.8 Å². The van der Waals surface area contributed by atoms with E-state index < -0.39 is 0 Å². The predicted octanol–water partition coefficient (Wildman–Crippen LogP) is 3.12. The maximum atomic E-state index is 12.3. The van der Waals surface area contributed by atoms with Crippen LogP contribution in [0.1, 0.15) is 5.56 Å². The number of halogens is 1. The van der Waals surface area contributed by atoms with E-state index in [2.05, 4.69) is 10.2 Å². The number of piperazine rings is 1. The second-order valence-corrected chi connectivity index (χ2v) is 6.48. The minimum absolute atomic E-state index is 0.0426. The first-order valence-electron chi connectivity index (χ1n) is 8.43. The molecule has 1 heterocycles. The van der Waals surface area contributed by atoms with Gasteiger partial charge >= 0.3 is 6.03 Å². The number of anilines is 1. The SMILES string of the molecule is O=C(NCCc1cccc(O)c1)N1CCN(c2ccccc2Cl)CC1. The summed E-state index contributed by atoms with van der Waals surface area (Å²) in [6, 6.07) is 14.8. The molecule has 132 valence electrons. The first kappa shape index (κ1) is 17.4. The molecule has 0 spiro atoms. The van der Waals surface area contributed by atoms with Crippen LogP contribution in [0.3, 0.4) is 0 Å². The van der Waals surface area contributed by atoms with Gasteiger partial charge in [0.15, 0.2) is 0 Å². The Labute approximate surface area is 152 Å². The van der Waals surface area contributed by atoms with Gasteiger partial charge in [0.25, 0.3) is 0 Å². The molecule has 3 rings (SSSR count). The van der Waals surface area contributed by atoms with Crippen molar-refractivity contribution >= 4 is 23.3 Å². The molecule has 2 aromatic carbocycles. The number of urea groups is 1. The van der Waals surface area contributed by atoms with Gasteiger partial charge in [-0.1, -0.05) is 35.9 Å². The molecule has 1 aliphatic heterocycles. The van der Waals surface area contributed by atoms with Crippen molar-refractivity contribution in [1.82, 2.24) is 10.2 Å². The van der Waals surface area contributed by atoms with Gasteiger partial charge in [0, 0.05) is 32.7 Å². The van der Waals surface area contributed by atoms with Crippen molar-refractivity contribution < 1.29 is 9.90 Å². The maximum absolute atomic E-state index is 12.3. The van der Waals surface area contributed by atoms with E-state index >= 15 is 0 Å². The Morgan fingerprint density at radius 2 is 1.84 bits per heavy atom. The van der Waals surface area contributed by atoms with Gasteiger partial charge in [-0.25, -0.2) is 4.79 Å². The number of nitrogens with one attached hydrogen (secondary N) is 1. The van der Waals surface area contributed by atoms with E-state index in [1.54, 1.807) is 18.2 Å². The third-order valence-corrected chi connectivity index (χ3v) is 4.68. The number of hydrogen-bond donors (Lipinski definition) is 2. The Morgan fingerprint density at radius 1 is 1.08 bits per heavy atom. The number of nitrogens with zero attached hydrogens (tertiary/aromatic N) is 2. The first-order valence-corrected chi connectivity index (χ1v) is 8.81. The van der Waals surface area contributed by atoms with Gasteiger partial charge in [-0.05, 0) is 36.2 Å². The molecule has 0 aromatic heterocycles. The molecule has 5 nitrogen and oxygen atoms in total. The van der Waals surface area contributed by atoms with Crippen LogP contribution in [0.5, 0.6) is 5.75 Å². The molecule has 1 saturated heterocycles. The summed E-state index contributed by atoms with van der Waals surface area (Å²) >= 11 is 6.24. The quantitative estimate of drug-likeness (QED) is 0.881. The number of para-hydroxylation sites is 1. The Balaban J connectivity index is 1.45. The molecule has 1 fully saturated rings. The van der Waals surface area contributed by atoms with Crippen LogP contribution in [0.4, 0.5) is 10.5 Å². The summed E-state index contributed by atoms with van der Waals surface area (Å²) in [6.45, 7) is 3.42. The Hall–Kier alpha value is -2.40. The van der Waals surface area contributed by atoms with E-state index in [1.807, 2.05) is 35.2 Å². The number of phenolic OH excluding ortho intramolecular Hbond substituents is 1. The lowest BCUT2D eigenvalue weighted by Gasteiger charge is -2.36. The number of hydrogen-bond acceptors (Lipinski definition) is 3. The molecule has 0 atom stereocenters. The van der Waals surface area contributed by atoms with Crippen molar-refractivity contribution in [2.75, 3.05) is 37.6 Å². The third-order valence-electron chi connectivity index (χ3n) is 4.36. The smallest absolute Gasteiger partial charge is 0.317 e. The summed E-state index contributed by atoms with van der Waals surface area (Å²) in [7, 11) is 0. The highest BCUT2D eigenvalue weighted by atomic mass is 35.5. The van der Waals surface area contributed by atoms with Gasteiger partial charge in [0.1, 0.15) is 5.75 Å². The summed E-state index contributed by atoms with van der Waals surface area (Å²) in [5.74, 6) is 0.250. The Bertz CT molecular complexity index is 730. The molecular weight excluding hydrogens is 338 g/mol. The van der Waals surface area contributed by atoms with Gasteiger partial charge in [-0.15, -0.1) is 0 Å². The lowest BCUT2D eigenvalue weighted by Crippen LogP contribution is -2.52. The number of phenols is 1. The molecule has 0 unspecified atom stereocenters. The highest BCUT2D eigenvalue weighted by molar-refractivity contribution is 6.33. The molecule has 0 bridgehead atoms. The van der Waals surface area contributed by atoms with Gasteiger partial charge in [0.05, 0.1) is 10.7 Å². The zero-order chi connectivity index (χ0) is 17.6.